The van der Waals surface area contributed by atoms with E-state index in [0.717, 1.165) is 11.8 Å². The Morgan fingerprint density at radius 1 is 1.04 bits per heavy atom. The predicted molar refractivity (Wildman–Crippen MR) is 90.3 cm³/mol. The summed E-state index contributed by atoms with van der Waals surface area (Å²) < 4.78 is 28.8. The highest BCUT2D eigenvalue weighted by Gasteiger charge is 2.14. The van der Waals surface area contributed by atoms with E-state index in [0.29, 0.717) is 22.8 Å². The van der Waals surface area contributed by atoms with Gasteiger partial charge >= 0.3 is 0 Å². The van der Waals surface area contributed by atoms with Crippen molar-refractivity contribution in [1.82, 2.24) is 0 Å². The molecule has 2 rings (SSSR count). The van der Waals surface area contributed by atoms with Gasteiger partial charge in [0.25, 0.3) is 0 Å². The van der Waals surface area contributed by atoms with E-state index in [1.165, 1.54) is 19.2 Å². The van der Waals surface area contributed by atoms with Gasteiger partial charge in [-0.15, -0.1) is 5.11 Å². The van der Waals surface area contributed by atoms with E-state index in [1.54, 1.807) is 18.2 Å². The third-order valence-electron chi connectivity index (χ3n) is 3.20. The maximum Gasteiger partial charge on any atom is 0.177 e. The van der Waals surface area contributed by atoms with Gasteiger partial charge < -0.3 is 16.2 Å². The molecule has 0 aromatic heterocycles. The van der Waals surface area contributed by atoms with Crippen molar-refractivity contribution in [3.63, 3.8) is 0 Å². The summed E-state index contributed by atoms with van der Waals surface area (Å²) in [6.45, 7) is 1.82. The zero-order chi connectivity index (χ0) is 17.2. The SMILES string of the molecule is COc1cc(N=Nc2ccc(N)cc2S(C)(=O)=O)c(C)cc1N. The van der Waals surface area contributed by atoms with Gasteiger partial charge in [0.2, 0.25) is 0 Å². The molecule has 0 saturated heterocycles. The number of anilines is 2. The summed E-state index contributed by atoms with van der Waals surface area (Å²) in [5, 5.41) is 8.16. The van der Waals surface area contributed by atoms with Crippen molar-refractivity contribution in [2.75, 3.05) is 24.8 Å². The summed E-state index contributed by atoms with van der Waals surface area (Å²) >= 11 is 0. The number of nitrogen functional groups attached to an aromatic ring is 2. The summed E-state index contributed by atoms with van der Waals surface area (Å²) in [4.78, 5) is 0.0290. The van der Waals surface area contributed by atoms with Crippen LogP contribution in [-0.2, 0) is 9.84 Å². The molecule has 0 spiro atoms. The molecule has 8 heteroatoms. The number of benzene rings is 2. The normalized spacial score (nSPS) is 11.8. The zero-order valence-corrected chi connectivity index (χ0v) is 13.9. The topological polar surface area (TPSA) is 120 Å². The van der Waals surface area contributed by atoms with E-state index in [1.807, 2.05) is 6.92 Å². The van der Waals surface area contributed by atoms with E-state index in [4.69, 9.17) is 16.2 Å². The number of azo groups is 1. The van der Waals surface area contributed by atoms with Gasteiger partial charge in [-0.3, -0.25) is 0 Å². The minimum absolute atomic E-state index is 0.0290. The number of hydrogen-bond donors (Lipinski definition) is 2. The fourth-order valence-corrected chi connectivity index (χ4v) is 2.84. The minimum atomic E-state index is -3.47. The molecule has 2 aromatic rings. The first-order chi connectivity index (χ1) is 10.7. The molecule has 0 atom stereocenters. The lowest BCUT2D eigenvalue weighted by Crippen LogP contribution is -1.98. The van der Waals surface area contributed by atoms with Crippen molar-refractivity contribution in [3.05, 3.63) is 35.9 Å². The van der Waals surface area contributed by atoms with Crippen molar-refractivity contribution in [3.8, 4) is 5.75 Å². The van der Waals surface area contributed by atoms with Gasteiger partial charge in [0.15, 0.2) is 9.84 Å². The molecule has 122 valence electrons. The van der Waals surface area contributed by atoms with Crippen molar-refractivity contribution in [2.24, 2.45) is 10.2 Å². The molecule has 0 unspecified atom stereocenters. The zero-order valence-electron chi connectivity index (χ0n) is 13.1. The molecule has 0 aliphatic heterocycles. The lowest BCUT2D eigenvalue weighted by molar-refractivity contribution is 0.417. The highest BCUT2D eigenvalue weighted by molar-refractivity contribution is 7.90. The first kappa shape index (κ1) is 16.8. The van der Waals surface area contributed by atoms with Crippen LogP contribution in [0.3, 0.4) is 0 Å². The molecule has 0 amide bonds. The average Bonchev–Trinajstić information content (AvgIpc) is 2.46. The maximum absolute atomic E-state index is 11.8. The Morgan fingerprint density at radius 2 is 1.70 bits per heavy atom. The Hall–Kier alpha value is -2.61. The summed E-state index contributed by atoms with van der Waals surface area (Å²) in [5.74, 6) is 0.477. The van der Waals surface area contributed by atoms with E-state index >= 15 is 0 Å². The Balaban J connectivity index is 2.50. The molecular formula is C15H18N4O3S. The Bertz CT molecular complexity index is 877. The largest absolute Gasteiger partial charge is 0.495 e. The van der Waals surface area contributed by atoms with Gasteiger partial charge in [0.1, 0.15) is 11.4 Å². The molecule has 0 radical (unpaired) electrons. The first-order valence-electron chi connectivity index (χ1n) is 6.68. The van der Waals surface area contributed by atoms with Crippen LogP contribution in [0.2, 0.25) is 0 Å². The molecule has 0 aliphatic carbocycles. The van der Waals surface area contributed by atoms with Crippen molar-refractivity contribution < 1.29 is 13.2 Å². The lowest BCUT2D eigenvalue weighted by Gasteiger charge is -2.08. The second-order valence-electron chi connectivity index (χ2n) is 5.08. The van der Waals surface area contributed by atoms with E-state index in [-0.39, 0.29) is 10.6 Å². The Kier molecular flexibility index (Phi) is 4.55. The number of ether oxygens (including phenoxy) is 1. The first-order valence-corrected chi connectivity index (χ1v) is 8.57. The molecule has 4 N–H and O–H groups in total. The number of rotatable bonds is 4. The second-order valence-corrected chi connectivity index (χ2v) is 7.06. The smallest absolute Gasteiger partial charge is 0.177 e. The van der Waals surface area contributed by atoms with Crippen LogP contribution in [0.15, 0.2) is 45.5 Å². The van der Waals surface area contributed by atoms with Crippen LogP contribution in [0.5, 0.6) is 5.75 Å². The number of aryl methyl sites for hydroxylation is 1. The molecule has 23 heavy (non-hydrogen) atoms. The summed E-state index contributed by atoms with van der Waals surface area (Å²) in [6, 6.07) is 7.80. The number of hydrogen-bond acceptors (Lipinski definition) is 7. The van der Waals surface area contributed by atoms with Crippen LogP contribution in [0.4, 0.5) is 22.7 Å². The van der Waals surface area contributed by atoms with E-state index < -0.39 is 9.84 Å². The molecular weight excluding hydrogens is 316 g/mol. The lowest BCUT2D eigenvalue weighted by atomic mass is 10.1. The van der Waals surface area contributed by atoms with Gasteiger partial charge in [-0.2, -0.15) is 5.11 Å². The fraction of sp³-hybridized carbons (Fsp3) is 0.200. The van der Waals surface area contributed by atoms with Gasteiger partial charge in [0.05, 0.1) is 23.4 Å². The van der Waals surface area contributed by atoms with Crippen LogP contribution in [-0.4, -0.2) is 21.8 Å². The molecule has 7 nitrogen and oxygen atoms in total. The Labute approximate surface area is 134 Å². The van der Waals surface area contributed by atoms with E-state index in [9.17, 15) is 8.42 Å². The Morgan fingerprint density at radius 3 is 2.30 bits per heavy atom. The van der Waals surface area contributed by atoms with Crippen molar-refractivity contribution in [1.29, 1.82) is 0 Å². The third kappa shape index (κ3) is 3.78. The molecule has 2 aromatic carbocycles. The number of methoxy groups -OCH3 is 1. The van der Waals surface area contributed by atoms with E-state index in [2.05, 4.69) is 10.2 Å². The van der Waals surface area contributed by atoms with Crippen LogP contribution in [0.25, 0.3) is 0 Å². The highest BCUT2D eigenvalue weighted by Crippen LogP contribution is 2.33. The quantitative estimate of drug-likeness (QED) is 0.658. The van der Waals surface area contributed by atoms with Gasteiger partial charge in [-0.1, -0.05) is 0 Å². The molecule has 0 aliphatic rings. The third-order valence-corrected chi connectivity index (χ3v) is 4.32. The van der Waals surface area contributed by atoms with Crippen LogP contribution < -0.4 is 16.2 Å². The summed E-state index contributed by atoms with van der Waals surface area (Å²) in [6.07, 6.45) is 1.10. The predicted octanol–water partition coefficient (Wildman–Crippen LogP) is 2.99. The summed E-state index contributed by atoms with van der Waals surface area (Å²) in [7, 11) is -1.96. The molecule has 0 bridgehead atoms. The number of nitrogens with two attached hydrogens (primary N) is 2. The van der Waals surface area contributed by atoms with Crippen LogP contribution in [0, 0.1) is 6.92 Å². The molecule has 0 saturated carbocycles. The molecule has 0 heterocycles. The van der Waals surface area contributed by atoms with Gasteiger partial charge in [-0.05, 0) is 36.8 Å². The number of nitrogens with zero attached hydrogens (tertiary/aromatic N) is 2. The van der Waals surface area contributed by atoms with Crippen molar-refractivity contribution in [2.45, 2.75) is 11.8 Å². The van der Waals surface area contributed by atoms with Crippen LogP contribution in [0.1, 0.15) is 5.56 Å². The fourth-order valence-electron chi connectivity index (χ4n) is 2.00. The average molecular weight is 334 g/mol. The molecule has 0 fully saturated rings. The summed E-state index contributed by atoms with van der Waals surface area (Å²) in [5.41, 5.74) is 13.8. The van der Waals surface area contributed by atoms with Gasteiger partial charge in [0, 0.05) is 18.0 Å². The minimum Gasteiger partial charge on any atom is -0.495 e. The number of sulfone groups is 1. The van der Waals surface area contributed by atoms with Crippen molar-refractivity contribution >= 4 is 32.6 Å². The van der Waals surface area contributed by atoms with Gasteiger partial charge in [-0.25, -0.2) is 8.42 Å². The maximum atomic E-state index is 11.8. The highest BCUT2D eigenvalue weighted by atomic mass is 32.2. The monoisotopic (exact) mass is 334 g/mol. The standard InChI is InChI=1S/C15H18N4O3S/c1-9-6-11(17)14(22-2)8-13(9)19-18-12-5-4-10(16)7-15(12)23(3,20)21/h4-8H,16-17H2,1-3H3. The second kappa shape index (κ2) is 6.25. The van der Waals surface area contributed by atoms with Crippen LogP contribution >= 0.6 is 0 Å².